The Bertz CT molecular complexity index is 1240. The van der Waals surface area contributed by atoms with E-state index in [1.54, 1.807) is 12.1 Å². The number of rotatable bonds is 7. The molecular formula is C30H33FN2O4. The molecule has 5 rings (SSSR count). The zero-order chi connectivity index (χ0) is 25.7. The highest BCUT2D eigenvalue weighted by Gasteiger charge is 2.41. The Morgan fingerprint density at radius 2 is 1.65 bits per heavy atom. The smallest absolute Gasteiger partial charge is 0.227 e. The number of nitrogens with zero attached hydrogens (tertiary/aromatic N) is 2. The van der Waals surface area contributed by atoms with Crippen LogP contribution >= 0.6 is 0 Å². The molecule has 2 aliphatic rings. The van der Waals surface area contributed by atoms with E-state index in [0.717, 1.165) is 29.2 Å². The molecule has 0 aliphatic carbocycles. The number of piperidine rings is 1. The van der Waals surface area contributed by atoms with E-state index in [4.69, 9.17) is 9.47 Å². The summed E-state index contributed by atoms with van der Waals surface area (Å²) >= 11 is 0. The summed E-state index contributed by atoms with van der Waals surface area (Å²) in [5.41, 5.74) is 0.466. The first kappa shape index (κ1) is 25.2. The Morgan fingerprint density at radius 3 is 2.43 bits per heavy atom. The van der Waals surface area contributed by atoms with Gasteiger partial charge in [-0.3, -0.25) is 9.59 Å². The third kappa shape index (κ3) is 6.28. The van der Waals surface area contributed by atoms with Gasteiger partial charge >= 0.3 is 0 Å². The molecule has 2 aliphatic heterocycles. The van der Waals surface area contributed by atoms with E-state index < -0.39 is 5.41 Å². The molecule has 194 valence electrons. The van der Waals surface area contributed by atoms with Gasteiger partial charge in [-0.25, -0.2) is 4.39 Å². The van der Waals surface area contributed by atoms with Crippen LogP contribution in [-0.2, 0) is 20.7 Å². The van der Waals surface area contributed by atoms with Gasteiger partial charge in [0.2, 0.25) is 11.8 Å². The molecule has 3 aromatic rings. The normalized spacial score (nSPS) is 20.1. The highest BCUT2D eigenvalue weighted by molar-refractivity contribution is 5.85. The number of carbonyl (C=O) groups is 2. The number of halogens is 1. The van der Waals surface area contributed by atoms with Gasteiger partial charge < -0.3 is 19.3 Å². The van der Waals surface area contributed by atoms with Crippen LogP contribution in [0.4, 0.5) is 4.39 Å². The lowest BCUT2D eigenvalue weighted by atomic mass is 9.77. The molecule has 0 unspecified atom stereocenters. The second-order valence-electron chi connectivity index (χ2n) is 10.2. The maximum absolute atomic E-state index is 13.4. The summed E-state index contributed by atoms with van der Waals surface area (Å²) in [5.74, 6) is 0.349. The predicted molar refractivity (Wildman–Crippen MR) is 140 cm³/mol. The number of hydrogen-bond donors (Lipinski definition) is 0. The van der Waals surface area contributed by atoms with E-state index in [0.29, 0.717) is 58.0 Å². The molecule has 3 aromatic carbocycles. The third-order valence-corrected chi connectivity index (χ3v) is 7.43. The number of benzene rings is 3. The summed E-state index contributed by atoms with van der Waals surface area (Å²) in [6, 6.07) is 20.2. The van der Waals surface area contributed by atoms with Gasteiger partial charge in [-0.1, -0.05) is 42.5 Å². The number of hydrogen-bond acceptors (Lipinski definition) is 4. The lowest BCUT2D eigenvalue weighted by Gasteiger charge is -2.43. The quantitative estimate of drug-likeness (QED) is 0.477. The molecule has 37 heavy (non-hydrogen) atoms. The Hall–Kier alpha value is -3.45. The molecule has 2 amide bonds. The van der Waals surface area contributed by atoms with Crippen molar-refractivity contribution in [3.05, 3.63) is 78.1 Å². The van der Waals surface area contributed by atoms with Crippen molar-refractivity contribution < 1.29 is 23.5 Å². The van der Waals surface area contributed by atoms with Gasteiger partial charge in [0.1, 0.15) is 11.6 Å². The zero-order valence-corrected chi connectivity index (χ0v) is 21.0. The molecule has 1 atom stereocenters. The number of amides is 2. The van der Waals surface area contributed by atoms with Crippen molar-refractivity contribution in [1.82, 2.24) is 9.80 Å². The molecule has 6 nitrogen and oxygen atoms in total. The summed E-state index contributed by atoms with van der Waals surface area (Å²) in [6.45, 7) is 3.65. The highest BCUT2D eigenvalue weighted by atomic mass is 19.1. The summed E-state index contributed by atoms with van der Waals surface area (Å²) in [5, 5.41) is 2.26. The predicted octanol–water partition coefficient (Wildman–Crippen LogP) is 4.46. The van der Waals surface area contributed by atoms with Gasteiger partial charge in [0.25, 0.3) is 0 Å². The lowest BCUT2D eigenvalue weighted by Crippen LogP contribution is -2.52. The fraction of sp³-hybridized carbons (Fsp3) is 0.400. The zero-order valence-electron chi connectivity index (χ0n) is 21.0. The molecule has 0 aromatic heterocycles. The second-order valence-corrected chi connectivity index (χ2v) is 10.2. The largest absolute Gasteiger partial charge is 0.493 e. The van der Waals surface area contributed by atoms with E-state index in [2.05, 4.69) is 24.3 Å². The molecular weight excluding hydrogens is 471 g/mol. The fourth-order valence-corrected chi connectivity index (χ4v) is 5.38. The van der Waals surface area contributed by atoms with Crippen LogP contribution in [0.5, 0.6) is 5.75 Å². The highest BCUT2D eigenvalue weighted by Crippen LogP contribution is 2.36. The fourth-order valence-electron chi connectivity index (χ4n) is 5.38. The van der Waals surface area contributed by atoms with Crippen molar-refractivity contribution >= 4 is 22.6 Å². The first-order chi connectivity index (χ1) is 18.0. The van der Waals surface area contributed by atoms with Crippen LogP contribution in [-0.4, -0.2) is 67.6 Å². The Morgan fingerprint density at radius 1 is 0.892 bits per heavy atom. The molecule has 0 spiro atoms. The molecule has 2 fully saturated rings. The van der Waals surface area contributed by atoms with Crippen molar-refractivity contribution in [3.63, 3.8) is 0 Å². The minimum Gasteiger partial charge on any atom is -0.493 e. The van der Waals surface area contributed by atoms with Crippen molar-refractivity contribution in [2.45, 2.75) is 25.7 Å². The van der Waals surface area contributed by atoms with Crippen molar-refractivity contribution in [2.24, 2.45) is 5.41 Å². The van der Waals surface area contributed by atoms with Crippen LogP contribution in [0.15, 0.2) is 66.7 Å². The van der Waals surface area contributed by atoms with Crippen LogP contribution in [0.1, 0.15) is 24.8 Å². The molecule has 2 saturated heterocycles. The van der Waals surface area contributed by atoms with E-state index in [1.807, 2.05) is 28.0 Å². The first-order valence-corrected chi connectivity index (χ1v) is 13.0. The SMILES string of the molecule is O=C(C[C@]1(COc2ccc(F)cc2)CCCN(C(=O)Cc2ccc3ccccc3c2)C1)N1CCOCC1. The minimum absolute atomic E-state index is 0.0555. The second kappa shape index (κ2) is 11.3. The number of morpholine rings is 1. The van der Waals surface area contributed by atoms with Gasteiger partial charge in [0.15, 0.2) is 0 Å². The third-order valence-electron chi connectivity index (χ3n) is 7.43. The number of fused-ring (bicyclic) bond motifs is 1. The first-order valence-electron chi connectivity index (χ1n) is 13.0. The van der Waals surface area contributed by atoms with Crippen LogP contribution in [0.2, 0.25) is 0 Å². The van der Waals surface area contributed by atoms with Gasteiger partial charge in [-0.05, 0) is 53.4 Å². The van der Waals surface area contributed by atoms with Crippen LogP contribution in [0.3, 0.4) is 0 Å². The monoisotopic (exact) mass is 504 g/mol. The standard InChI is InChI=1S/C30H33FN2O4/c31-26-8-10-27(11-9-26)37-22-30(20-29(35)32-14-16-36-17-15-32)12-3-13-33(21-30)28(34)19-23-6-7-24-4-1-2-5-25(24)18-23/h1-2,4-11,18H,3,12-17,19-22H2/t30-/m1/s1. The van der Waals surface area contributed by atoms with Crippen molar-refractivity contribution in [1.29, 1.82) is 0 Å². The number of carbonyl (C=O) groups excluding carboxylic acids is 2. The average Bonchev–Trinajstić information content (AvgIpc) is 2.93. The van der Waals surface area contributed by atoms with Crippen LogP contribution in [0, 0.1) is 11.2 Å². The molecule has 0 N–H and O–H groups in total. The maximum atomic E-state index is 13.4. The van der Waals surface area contributed by atoms with Crippen LogP contribution in [0.25, 0.3) is 10.8 Å². The minimum atomic E-state index is -0.513. The maximum Gasteiger partial charge on any atom is 0.227 e. The number of ether oxygens (including phenoxy) is 2. The Labute approximate surface area is 217 Å². The van der Waals surface area contributed by atoms with Crippen LogP contribution < -0.4 is 4.74 Å². The van der Waals surface area contributed by atoms with E-state index >= 15 is 0 Å². The lowest BCUT2D eigenvalue weighted by molar-refractivity contribution is -0.143. The van der Waals surface area contributed by atoms with E-state index in [9.17, 15) is 14.0 Å². The summed E-state index contributed by atoms with van der Waals surface area (Å²) in [6.07, 6.45) is 2.20. The van der Waals surface area contributed by atoms with Gasteiger partial charge in [-0.2, -0.15) is 0 Å². The van der Waals surface area contributed by atoms with Crippen molar-refractivity contribution in [3.8, 4) is 5.75 Å². The average molecular weight is 505 g/mol. The van der Waals surface area contributed by atoms with Gasteiger partial charge in [-0.15, -0.1) is 0 Å². The molecule has 0 saturated carbocycles. The topological polar surface area (TPSA) is 59.1 Å². The summed E-state index contributed by atoms with van der Waals surface area (Å²) in [4.78, 5) is 30.4. The van der Waals surface area contributed by atoms with E-state index in [1.165, 1.54) is 12.1 Å². The number of likely N-dealkylation sites (tertiary alicyclic amines) is 1. The van der Waals surface area contributed by atoms with E-state index in [-0.39, 0.29) is 24.2 Å². The molecule has 0 bridgehead atoms. The van der Waals surface area contributed by atoms with Crippen molar-refractivity contribution in [2.75, 3.05) is 46.0 Å². The Balaban J connectivity index is 1.31. The van der Waals surface area contributed by atoms with Gasteiger partial charge in [0.05, 0.1) is 26.2 Å². The molecule has 0 radical (unpaired) electrons. The summed E-state index contributed by atoms with van der Waals surface area (Å²) < 4.78 is 24.9. The molecule has 7 heteroatoms. The molecule has 2 heterocycles. The summed E-state index contributed by atoms with van der Waals surface area (Å²) in [7, 11) is 0. The van der Waals surface area contributed by atoms with Gasteiger partial charge in [0, 0.05) is 38.0 Å². The Kier molecular flexibility index (Phi) is 7.70.